The molecule has 3 rings (SSSR count). The molecular weight excluding hydrogens is 400 g/mol. The van der Waals surface area contributed by atoms with E-state index in [1.807, 2.05) is 12.3 Å². The monoisotopic (exact) mass is 418 g/mol. The fourth-order valence-corrected chi connectivity index (χ4v) is 3.20. The SMILES string of the molecule is COc1ccc(-c2nnn(CSC)c2C(=O)Nc2ccc(Cl)cc2)cc1OC. The van der Waals surface area contributed by atoms with E-state index in [4.69, 9.17) is 21.1 Å². The predicted molar refractivity (Wildman–Crippen MR) is 111 cm³/mol. The smallest absolute Gasteiger partial charge is 0.276 e. The van der Waals surface area contributed by atoms with Crippen LogP contribution in [0.15, 0.2) is 42.5 Å². The van der Waals surface area contributed by atoms with Crippen LogP contribution >= 0.6 is 23.4 Å². The number of anilines is 1. The van der Waals surface area contributed by atoms with Crippen LogP contribution in [0.5, 0.6) is 11.5 Å². The molecule has 28 heavy (non-hydrogen) atoms. The minimum Gasteiger partial charge on any atom is -0.493 e. The zero-order valence-corrected chi connectivity index (χ0v) is 17.2. The Bertz CT molecular complexity index is 976. The highest BCUT2D eigenvalue weighted by molar-refractivity contribution is 7.97. The molecule has 0 aliphatic carbocycles. The molecule has 0 bridgehead atoms. The van der Waals surface area contributed by atoms with E-state index < -0.39 is 0 Å². The minimum absolute atomic E-state index is 0.314. The molecule has 0 fully saturated rings. The van der Waals surface area contributed by atoms with Gasteiger partial charge in [-0.2, -0.15) is 0 Å². The highest BCUT2D eigenvalue weighted by Crippen LogP contribution is 2.33. The average Bonchev–Trinajstić information content (AvgIpc) is 3.13. The molecule has 0 spiro atoms. The number of hydrogen-bond acceptors (Lipinski definition) is 6. The van der Waals surface area contributed by atoms with Gasteiger partial charge in [0.1, 0.15) is 5.69 Å². The Morgan fingerprint density at radius 1 is 1.14 bits per heavy atom. The van der Waals surface area contributed by atoms with Gasteiger partial charge in [-0.25, -0.2) is 4.68 Å². The molecule has 9 heteroatoms. The highest BCUT2D eigenvalue weighted by Gasteiger charge is 2.23. The van der Waals surface area contributed by atoms with Crippen molar-refractivity contribution in [3.8, 4) is 22.8 Å². The fraction of sp³-hybridized carbons (Fsp3) is 0.211. The molecule has 146 valence electrons. The van der Waals surface area contributed by atoms with Gasteiger partial charge in [-0.1, -0.05) is 16.8 Å². The van der Waals surface area contributed by atoms with Crippen LogP contribution in [0.4, 0.5) is 5.69 Å². The van der Waals surface area contributed by atoms with Crippen LogP contribution in [0.25, 0.3) is 11.3 Å². The number of thioether (sulfide) groups is 1. The molecule has 1 N–H and O–H groups in total. The predicted octanol–water partition coefficient (Wildman–Crippen LogP) is 4.19. The van der Waals surface area contributed by atoms with E-state index in [-0.39, 0.29) is 5.91 Å². The van der Waals surface area contributed by atoms with Crippen LogP contribution in [0.1, 0.15) is 10.5 Å². The average molecular weight is 419 g/mol. The summed E-state index contributed by atoms with van der Waals surface area (Å²) in [6, 6.07) is 12.2. The van der Waals surface area contributed by atoms with Gasteiger partial charge in [-0.05, 0) is 48.7 Å². The topological polar surface area (TPSA) is 78.3 Å². The summed E-state index contributed by atoms with van der Waals surface area (Å²) in [6.07, 6.45) is 1.93. The molecule has 0 saturated carbocycles. The summed E-state index contributed by atoms with van der Waals surface area (Å²) >= 11 is 7.45. The Morgan fingerprint density at radius 3 is 2.50 bits per heavy atom. The lowest BCUT2D eigenvalue weighted by atomic mass is 10.1. The first-order chi connectivity index (χ1) is 13.6. The second-order valence-electron chi connectivity index (χ2n) is 5.73. The van der Waals surface area contributed by atoms with Crippen LogP contribution in [0.2, 0.25) is 5.02 Å². The van der Waals surface area contributed by atoms with Crippen LogP contribution < -0.4 is 14.8 Å². The first-order valence-corrected chi connectivity index (χ1v) is 10.1. The molecule has 0 radical (unpaired) electrons. The number of nitrogens with zero attached hydrogens (tertiary/aromatic N) is 3. The third-order valence-corrected chi connectivity index (χ3v) is 4.72. The summed E-state index contributed by atoms with van der Waals surface area (Å²) in [4.78, 5) is 13.0. The van der Waals surface area contributed by atoms with Gasteiger partial charge in [0.15, 0.2) is 17.2 Å². The van der Waals surface area contributed by atoms with Crippen molar-refractivity contribution in [2.75, 3.05) is 25.8 Å². The van der Waals surface area contributed by atoms with E-state index >= 15 is 0 Å². The van der Waals surface area contributed by atoms with Crippen LogP contribution in [-0.2, 0) is 5.88 Å². The van der Waals surface area contributed by atoms with Gasteiger partial charge < -0.3 is 14.8 Å². The fourth-order valence-electron chi connectivity index (χ4n) is 2.65. The third-order valence-electron chi connectivity index (χ3n) is 3.96. The number of nitrogens with one attached hydrogen (secondary N) is 1. The van der Waals surface area contributed by atoms with E-state index in [1.54, 1.807) is 55.3 Å². The number of ether oxygens (including phenoxy) is 2. The van der Waals surface area contributed by atoms with Crippen molar-refractivity contribution in [1.82, 2.24) is 15.0 Å². The van der Waals surface area contributed by atoms with E-state index in [2.05, 4.69) is 15.6 Å². The Labute approximate surface area is 172 Å². The Morgan fingerprint density at radius 2 is 1.86 bits per heavy atom. The molecule has 0 atom stereocenters. The van der Waals surface area contributed by atoms with Gasteiger partial charge in [0.25, 0.3) is 5.91 Å². The van der Waals surface area contributed by atoms with Crippen LogP contribution in [0.3, 0.4) is 0 Å². The van der Waals surface area contributed by atoms with Gasteiger partial charge in [0, 0.05) is 16.3 Å². The number of halogens is 1. The van der Waals surface area contributed by atoms with Crippen molar-refractivity contribution < 1.29 is 14.3 Å². The lowest BCUT2D eigenvalue weighted by Crippen LogP contribution is -2.18. The maximum Gasteiger partial charge on any atom is 0.276 e. The van der Waals surface area contributed by atoms with Crippen molar-refractivity contribution in [3.05, 3.63) is 53.2 Å². The standard InChI is InChI=1S/C19H19ClN4O3S/c1-26-15-9-4-12(10-16(15)27-2)17-18(24(11-28-3)23-22-17)19(25)21-14-7-5-13(20)6-8-14/h4-10H,11H2,1-3H3,(H,21,25). The maximum atomic E-state index is 13.0. The first-order valence-electron chi connectivity index (χ1n) is 8.29. The summed E-state index contributed by atoms with van der Waals surface area (Å²) in [5.74, 6) is 1.31. The summed E-state index contributed by atoms with van der Waals surface area (Å²) in [5.41, 5.74) is 2.15. The Kier molecular flexibility index (Phi) is 6.43. The van der Waals surface area contributed by atoms with E-state index in [9.17, 15) is 4.79 Å². The molecule has 3 aromatic rings. The van der Waals surface area contributed by atoms with E-state index in [0.717, 1.165) is 0 Å². The number of amides is 1. The van der Waals surface area contributed by atoms with Crippen molar-refractivity contribution in [2.45, 2.75) is 5.88 Å². The van der Waals surface area contributed by atoms with Crippen molar-refractivity contribution in [3.63, 3.8) is 0 Å². The molecular formula is C19H19ClN4O3S. The third kappa shape index (κ3) is 4.23. The molecule has 1 aromatic heterocycles. The number of aromatic nitrogens is 3. The molecule has 7 nitrogen and oxygen atoms in total. The molecule has 0 unspecified atom stereocenters. The molecule has 1 heterocycles. The van der Waals surface area contributed by atoms with E-state index in [1.165, 1.54) is 11.8 Å². The Hall–Kier alpha value is -2.71. The second-order valence-corrected chi connectivity index (χ2v) is 7.01. The normalized spacial score (nSPS) is 10.6. The van der Waals surface area contributed by atoms with Crippen molar-refractivity contribution in [2.24, 2.45) is 0 Å². The minimum atomic E-state index is -0.314. The van der Waals surface area contributed by atoms with E-state index in [0.29, 0.717) is 45.0 Å². The quantitative estimate of drug-likeness (QED) is 0.619. The number of carbonyl (C=O) groups is 1. The number of carbonyl (C=O) groups excluding carboxylic acids is 1. The Balaban J connectivity index is 2.01. The van der Waals surface area contributed by atoms with Gasteiger partial charge in [0.2, 0.25) is 0 Å². The van der Waals surface area contributed by atoms with Gasteiger partial charge in [-0.15, -0.1) is 16.9 Å². The highest BCUT2D eigenvalue weighted by atomic mass is 35.5. The summed E-state index contributed by atoms with van der Waals surface area (Å²) in [7, 11) is 3.12. The second kappa shape index (κ2) is 8.99. The van der Waals surface area contributed by atoms with Crippen molar-refractivity contribution >= 4 is 35.0 Å². The summed E-state index contributed by atoms with van der Waals surface area (Å²) in [5, 5.41) is 11.8. The van der Waals surface area contributed by atoms with Gasteiger partial charge >= 0.3 is 0 Å². The molecule has 0 aliphatic heterocycles. The first kappa shape index (κ1) is 20.0. The lowest BCUT2D eigenvalue weighted by molar-refractivity contribution is 0.101. The lowest BCUT2D eigenvalue weighted by Gasteiger charge is -2.11. The largest absolute Gasteiger partial charge is 0.493 e. The van der Waals surface area contributed by atoms with Gasteiger partial charge in [0.05, 0.1) is 20.1 Å². The maximum absolute atomic E-state index is 13.0. The zero-order valence-electron chi connectivity index (χ0n) is 15.6. The van der Waals surface area contributed by atoms with Crippen molar-refractivity contribution in [1.29, 1.82) is 0 Å². The summed E-state index contributed by atoms with van der Waals surface area (Å²) < 4.78 is 12.2. The van der Waals surface area contributed by atoms with Crippen LogP contribution in [0, 0.1) is 0 Å². The molecule has 0 saturated heterocycles. The number of methoxy groups -OCH3 is 2. The number of rotatable bonds is 7. The summed E-state index contributed by atoms with van der Waals surface area (Å²) in [6.45, 7) is 0. The van der Waals surface area contributed by atoms with Gasteiger partial charge in [-0.3, -0.25) is 4.79 Å². The molecule has 2 aromatic carbocycles. The zero-order chi connectivity index (χ0) is 20.1. The van der Waals surface area contributed by atoms with Crippen LogP contribution in [-0.4, -0.2) is 41.4 Å². The molecule has 1 amide bonds. The number of hydrogen-bond donors (Lipinski definition) is 1. The molecule has 0 aliphatic rings. The number of benzene rings is 2.